The Balaban J connectivity index is 2.54. The zero-order valence-corrected chi connectivity index (χ0v) is 13.5. The van der Waals surface area contributed by atoms with Crippen LogP contribution in [-0.2, 0) is 12.4 Å². The van der Waals surface area contributed by atoms with Crippen LogP contribution in [0.5, 0.6) is 0 Å². The SMILES string of the molecule is O=C(O)c1c(C(F)(F)F)ccc2c1sc1c(C(=O)O)c(C(F)(F)F)ccc12. The van der Waals surface area contributed by atoms with Crippen molar-refractivity contribution in [1.29, 1.82) is 0 Å². The van der Waals surface area contributed by atoms with Crippen LogP contribution in [0.15, 0.2) is 24.3 Å². The molecule has 0 bridgehead atoms. The molecule has 142 valence electrons. The number of hydrogen-bond acceptors (Lipinski definition) is 3. The van der Waals surface area contributed by atoms with E-state index in [0.717, 1.165) is 12.1 Å². The topological polar surface area (TPSA) is 74.6 Å². The number of halogens is 6. The van der Waals surface area contributed by atoms with Crippen LogP contribution in [-0.4, -0.2) is 22.2 Å². The van der Waals surface area contributed by atoms with Gasteiger partial charge in [0.2, 0.25) is 0 Å². The van der Waals surface area contributed by atoms with E-state index in [0.29, 0.717) is 12.1 Å². The summed E-state index contributed by atoms with van der Waals surface area (Å²) >= 11 is 0.270. The molecule has 0 aliphatic carbocycles. The number of rotatable bonds is 2. The molecule has 11 heteroatoms. The van der Waals surface area contributed by atoms with Crippen molar-refractivity contribution in [2.45, 2.75) is 12.4 Å². The van der Waals surface area contributed by atoms with Crippen molar-refractivity contribution in [3.63, 3.8) is 0 Å². The van der Waals surface area contributed by atoms with Crippen LogP contribution in [0.2, 0.25) is 0 Å². The van der Waals surface area contributed by atoms with E-state index in [2.05, 4.69) is 0 Å². The van der Waals surface area contributed by atoms with Gasteiger partial charge in [0, 0.05) is 10.8 Å². The lowest BCUT2D eigenvalue weighted by Crippen LogP contribution is -2.12. The lowest BCUT2D eigenvalue weighted by molar-refractivity contribution is -0.138. The van der Waals surface area contributed by atoms with Crippen molar-refractivity contribution in [2.24, 2.45) is 0 Å². The predicted octanol–water partition coefficient (Wildman–Crippen LogP) is 5.49. The first-order valence-corrected chi connectivity index (χ1v) is 7.79. The first kappa shape index (κ1) is 19.0. The predicted molar refractivity (Wildman–Crippen MR) is 83.3 cm³/mol. The van der Waals surface area contributed by atoms with Gasteiger partial charge in [-0.15, -0.1) is 11.3 Å². The summed E-state index contributed by atoms with van der Waals surface area (Å²) in [6.07, 6.45) is -10.0. The van der Waals surface area contributed by atoms with Crippen LogP contribution in [0.25, 0.3) is 20.2 Å². The first-order valence-electron chi connectivity index (χ1n) is 6.97. The number of benzene rings is 2. The minimum absolute atomic E-state index is 0.0726. The van der Waals surface area contributed by atoms with Gasteiger partial charge in [-0.2, -0.15) is 26.3 Å². The van der Waals surface area contributed by atoms with Crippen LogP contribution in [0.1, 0.15) is 31.8 Å². The average molecular weight is 408 g/mol. The molecule has 3 aromatic rings. The molecule has 0 aliphatic heterocycles. The normalized spacial score (nSPS) is 12.7. The summed E-state index contributed by atoms with van der Waals surface area (Å²) in [7, 11) is 0. The van der Waals surface area contributed by atoms with E-state index in [1.807, 2.05) is 0 Å². The number of alkyl halides is 6. The molecule has 0 aliphatic rings. The number of hydrogen-bond donors (Lipinski definition) is 2. The summed E-state index contributed by atoms with van der Waals surface area (Å²) in [6.45, 7) is 0. The molecular formula is C16H6F6O4S. The summed E-state index contributed by atoms with van der Waals surface area (Å²) in [5.41, 5.74) is -5.21. The highest BCUT2D eigenvalue weighted by Gasteiger charge is 2.39. The Bertz CT molecular complexity index is 1020. The fourth-order valence-electron chi connectivity index (χ4n) is 2.80. The molecule has 3 rings (SSSR count). The third kappa shape index (κ3) is 2.97. The minimum Gasteiger partial charge on any atom is -0.478 e. The Labute approximate surface area is 149 Å². The number of carbonyl (C=O) groups is 2. The maximum absolute atomic E-state index is 13.1. The molecule has 0 atom stereocenters. The maximum atomic E-state index is 13.1. The molecule has 0 amide bonds. The molecule has 4 nitrogen and oxygen atoms in total. The van der Waals surface area contributed by atoms with Crippen molar-refractivity contribution in [3.05, 3.63) is 46.5 Å². The number of aromatic carboxylic acids is 2. The van der Waals surface area contributed by atoms with Gasteiger partial charge < -0.3 is 10.2 Å². The van der Waals surface area contributed by atoms with Crippen LogP contribution in [0, 0.1) is 0 Å². The average Bonchev–Trinajstić information content (AvgIpc) is 2.89. The van der Waals surface area contributed by atoms with Crippen LogP contribution < -0.4 is 0 Å². The number of carboxylic acids is 2. The quantitative estimate of drug-likeness (QED) is 0.550. The second-order valence-electron chi connectivity index (χ2n) is 5.44. The van der Waals surface area contributed by atoms with Gasteiger partial charge in [0.15, 0.2) is 0 Å². The summed E-state index contributed by atoms with van der Waals surface area (Å²) in [5, 5.41) is 18.3. The zero-order valence-electron chi connectivity index (χ0n) is 12.7. The lowest BCUT2D eigenvalue weighted by Gasteiger charge is -2.11. The van der Waals surface area contributed by atoms with E-state index in [4.69, 9.17) is 0 Å². The van der Waals surface area contributed by atoms with Crippen LogP contribution in [0.4, 0.5) is 26.3 Å². The monoisotopic (exact) mass is 408 g/mol. The molecule has 0 radical (unpaired) electrons. The van der Waals surface area contributed by atoms with Crippen molar-refractivity contribution in [1.82, 2.24) is 0 Å². The molecule has 27 heavy (non-hydrogen) atoms. The van der Waals surface area contributed by atoms with E-state index in [1.54, 1.807) is 0 Å². The molecular weight excluding hydrogens is 402 g/mol. The van der Waals surface area contributed by atoms with Gasteiger partial charge in [-0.1, -0.05) is 12.1 Å². The van der Waals surface area contributed by atoms with Crippen LogP contribution >= 0.6 is 11.3 Å². The second-order valence-corrected chi connectivity index (χ2v) is 6.46. The van der Waals surface area contributed by atoms with Gasteiger partial charge in [-0.05, 0) is 12.1 Å². The largest absolute Gasteiger partial charge is 0.478 e. The zero-order chi connectivity index (χ0) is 20.3. The standard InChI is InChI=1S/C16H6F6O4S/c17-15(18,19)7-3-1-5-6-2-4-8(16(20,21)22)10(14(25)26)12(6)27-11(5)9(7)13(23)24/h1-4H,(H,23,24)(H,25,26). The molecule has 0 saturated heterocycles. The third-order valence-corrected chi connectivity index (χ3v) is 5.10. The molecule has 0 spiro atoms. The smallest absolute Gasteiger partial charge is 0.417 e. The molecule has 0 unspecified atom stereocenters. The Morgan fingerprint density at radius 1 is 0.704 bits per heavy atom. The summed E-state index contributed by atoms with van der Waals surface area (Å²) in [6, 6.07) is 2.86. The molecule has 0 saturated carbocycles. The van der Waals surface area contributed by atoms with Crippen molar-refractivity contribution in [3.8, 4) is 0 Å². The summed E-state index contributed by atoms with van der Waals surface area (Å²) in [4.78, 5) is 22.8. The maximum Gasteiger partial charge on any atom is 0.417 e. The molecule has 2 N–H and O–H groups in total. The molecule has 0 fully saturated rings. The van der Waals surface area contributed by atoms with Gasteiger partial charge in [-0.3, -0.25) is 0 Å². The third-order valence-electron chi connectivity index (χ3n) is 3.85. The van der Waals surface area contributed by atoms with Gasteiger partial charge in [0.05, 0.1) is 31.7 Å². The van der Waals surface area contributed by atoms with Crippen LogP contribution in [0.3, 0.4) is 0 Å². The van der Waals surface area contributed by atoms with E-state index in [-0.39, 0.29) is 22.1 Å². The highest BCUT2D eigenvalue weighted by molar-refractivity contribution is 7.26. The Morgan fingerprint density at radius 2 is 1.04 bits per heavy atom. The number of fused-ring (bicyclic) bond motifs is 3. The number of carboxylic acid groups (broad SMARTS) is 2. The highest BCUT2D eigenvalue weighted by atomic mass is 32.1. The fraction of sp³-hybridized carbons (Fsp3) is 0.125. The van der Waals surface area contributed by atoms with Gasteiger partial charge in [-0.25, -0.2) is 9.59 Å². The lowest BCUT2D eigenvalue weighted by atomic mass is 10.00. The van der Waals surface area contributed by atoms with Gasteiger partial charge in [0.1, 0.15) is 0 Å². The first-order chi connectivity index (χ1) is 12.3. The Morgan fingerprint density at radius 3 is 1.30 bits per heavy atom. The molecule has 1 heterocycles. The van der Waals surface area contributed by atoms with E-state index in [1.165, 1.54) is 0 Å². The van der Waals surface area contributed by atoms with Gasteiger partial charge in [0.25, 0.3) is 0 Å². The second kappa shape index (κ2) is 5.84. The van der Waals surface area contributed by atoms with E-state index in [9.17, 15) is 46.1 Å². The van der Waals surface area contributed by atoms with Crippen molar-refractivity contribution >= 4 is 43.4 Å². The number of thiophene rings is 1. The van der Waals surface area contributed by atoms with Crippen molar-refractivity contribution < 1.29 is 46.1 Å². The van der Waals surface area contributed by atoms with E-state index < -0.39 is 55.9 Å². The fourth-order valence-corrected chi connectivity index (χ4v) is 4.18. The van der Waals surface area contributed by atoms with Gasteiger partial charge >= 0.3 is 24.3 Å². The minimum atomic E-state index is -5.01. The Hall–Kier alpha value is -2.82. The summed E-state index contributed by atoms with van der Waals surface area (Å²) in [5.74, 6) is -3.85. The summed E-state index contributed by atoms with van der Waals surface area (Å²) < 4.78 is 77.8. The Kier molecular flexibility index (Phi) is 4.10. The highest BCUT2D eigenvalue weighted by Crippen LogP contribution is 2.45. The van der Waals surface area contributed by atoms with E-state index >= 15 is 0 Å². The van der Waals surface area contributed by atoms with Crippen molar-refractivity contribution in [2.75, 3.05) is 0 Å². The molecule has 1 aromatic heterocycles. The molecule has 2 aromatic carbocycles.